The SMILES string of the molecule is C#Cc1cccc2ccn(C)c12. The van der Waals surface area contributed by atoms with Gasteiger partial charge in [-0.15, -0.1) is 6.42 Å². The molecule has 2 aromatic rings. The minimum Gasteiger partial charge on any atom is -0.350 e. The minimum atomic E-state index is 0.958. The average Bonchev–Trinajstić information content (AvgIpc) is 2.48. The van der Waals surface area contributed by atoms with Crippen molar-refractivity contribution < 1.29 is 0 Å². The molecule has 58 valence electrons. The molecule has 2 rings (SSSR count). The molecule has 0 aliphatic heterocycles. The van der Waals surface area contributed by atoms with Gasteiger partial charge in [-0.25, -0.2) is 0 Å². The second-order valence-corrected chi connectivity index (χ2v) is 2.81. The van der Waals surface area contributed by atoms with Gasteiger partial charge in [0, 0.05) is 24.2 Å². The number of fused-ring (bicyclic) bond motifs is 1. The van der Waals surface area contributed by atoms with Crippen molar-refractivity contribution in [3.05, 3.63) is 36.0 Å². The van der Waals surface area contributed by atoms with Crippen LogP contribution in [0.5, 0.6) is 0 Å². The van der Waals surface area contributed by atoms with Crippen molar-refractivity contribution in [1.82, 2.24) is 4.57 Å². The molecule has 0 atom stereocenters. The number of aryl methyl sites for hydroxylation is 1. The van der Waals surface area contributed by atoms with Gasteiger partial charge >= 0.3 is 0 Å². The smallest absolute Gasteiger partial charge is 0.0636 e. The van der Waals surface area contributed by atoms with Gasteiger partial charge in [-0.05, 0) is 12.1 Å². The summed E-state index contributed by atoms with van der Waals surface area (Å²) in [5.74, 6) is 2.68. The van der Waals surface area contributed by atoms with Crippen molar-refractivity contribution in [1.29, 1.82) is 0 Å². The van der Waals surface area contributed by atoms with Gasteiger partial charge in [-0.1, -0.05) is 18.1 Å². The van der Waals surface area contributed by atoms with E-state index < -0.39 is 0 Å². The second kappa shape index (κ2) is 2.42. The van der Waals surface area contributed by atoms with Crippen LogP contribution in [0.25, 0.3) is 10.9 Å². The number of hydrogen-bond donors (Lipinski definition) is 0. The molecular weight excluding hydrogens is 146 g/mol. The fourth-order valence-electron chi connectivity index (χ4n) is 1.47. The first-order chi connectivity index (χ1) is 5.83. The van der Waals surface area contributed by atoms with E-state index in [0.717, 1.165) is 11.1 Å². The van der Waals surface area contributed by atoms with Gasteiger partial charge in [-0.2, -0.15) is 0 Å². The zero-order valence-corrected chi connectivity index (χ0v) is 6.91. The fraction of sp³-hybridized carbons (Fsp3) is 0.0909. The Balaban J connectivity index is 2.96. The van der Waals surface area contributed by atoms with Crippen molar-refractivity contribution in [3.8, 4) is 12.3 Å². The van der Waals surface area contributed by atoms with E-state index in [-0.39, 0.29) is 0 Å². The summed E-state index contributed by atoms with van der Waals surface area (Å²) in [7, 11) is 2.00. The first kappa shape index (κ1) is 7.00. The molecule has 0 N–H and O–H groups in total. The van der Waals surface area contributed by atoms with Crippen LogP contribution in [0, 0.1) is 12.3 Å². The van der Waals surface area contributed by atoms with E-state index in [2.05, 4.69) is 18.1 Å². The standard InChI is InChI=1S/C11H9N/c1-3-9-5-4-6-10-7-8-12(2)11(9)10/h1,4-8H,2H3. The molecule has 0 radical (unpaired) electrons. The topological polar surface area (TPSA) is 4.93 Å². The normalized spacial score (nSPS) is 10.0. The summed E-state index contributed by atoms with van der Waals surface area (Å²) < 4.78 is 2.05. The number of hydrogen-bond acceptors (Lipinski definition) is 0. The Morgan fingerprint density at radius 1 is 1.33 bits per heavy atom. The van der Waals surface area contributed by atoms with Crippen LogP contribution in [0.15, 0.2) is 30.5 Å². The first-order valence-electron chi connectivity index (χ1n) is 3.83. The molecule has 0 saturated carbocycles. The number of para-hydroxylation sites is 1. The van der Waals surface area contributed by atoms with E-state index in [4.69, 9.17) is 6.42 Å². The highest BCUT2D eigenvalue weighted by Gasteiger charge is 2.00. The van der Waals surface area contributed by atoms with Crippen LogP contribution in [0.2, 0.25) is 0 Å². The minimum absolute atomic E-state index is 0.958. The number of nitrogens with zero attached hydrogens (tertiary/aromatic N) is 1. The molecule has 0 aliphatic rings. The Morgan fingerprint density at radius 3 is 2.92 bits per heavy atom. The third kappa shape index (κ3) is 0.820. The van der Waals surface area contributed by atoms with Crippen LogP contribution in [0.1, 0.15) is 5.56 Å². The highest BCUT2D eigenvalue weighted by Crippen LogP contribution is 2.17. The van der Waals surface area contributed by atoms with Gasteiger partial charge in [0.05, 0.1) is 5.52 Å². The monoisotopic (exact) mass is 155 g/mol. The largest absolute Gasteiger partial charge is 0.350 e. The Kier molecular flexibility index (Phi) is 1.41. The van der Waals surface area contributed by atoms with Gasteiger partial charge < -0.3 is 4.57 Å². The van der Waals surface area contributed by atoms with Crippen LogP contribution in [0.3, 0.4) is 0 Å². The Labute approximate surface area is 71.6 Å². The molecule has 1 heterocycles. The number of terminal acetylenes is 1. The number of rotatable bonds is 0. The Hall–Kier alpha value is -1.68. The molecule has 1 aromatic carbocycles. The maximum absolute atomic E-state index is 5.38. The maximum atomic E-state index is 5.38. The van der Waals surface area contributed by atoms with Gasteiger partial charge in [0.15, 0.2) is 0 Å². The lowest BCUT2D eigenvalue weighted by Crippen LogP contribution is -1.87. The van der Waals surface area contributed by atoms with Crippen molar-refractivity contribution >= 4 is 10.9 Å². The molecule has 0 aliphatic carbocycles. The average molecular weight is 155 g/mol. The molecular formula is C11H9N. The molecule has 1 heteroatoms. The van der Waals surface area contributed by atoms with Crippen LogP contribution < -0.4 is 0 Å². The van der Waals surface area contributed by atoms with Gasteiger partial charge in [0.25, 0.3) is 0 Å². The van der Waals surface area contributed by atoms with E-state index in [1.165, 1.54) is 5.39 Å². The van der Waals surface area contributed by atoms with Crippen LogP contribution in [0.4, 0.5) is 0 Å². The quantitative estimate of drug-likeness (QED) is 0.514. The summed E-state index contributed by atoms with van der Waals surface area (Å²) in [4.78, 5) is 0. The van der Waals surface area contributed by atoms with E-state index in [9.17, 15) is 0 Å². The predicted octanol–water partition coefficient (Wildman–Crippen LogP) is 2.16. The summed E-state index contributed by atoms with van der Waals surface area (Å²) in [5, 5.41) is 1.20. The molecule has 0 spiro atoms. The molecule has 0 unspecified atom stereocenters. The lowest BCUT2D eigenvalue weighted by molar-refractivity contribution is 0.968. The molecule has 1 aromatic heterocycles. The third-order valence-electron chi connectivity index (χ3n) is 2.05. The fourth-order valence-corrected chi connectivity index (χ4v) is 1.47. The summed E-state index contributed by atoms with van der Waals surface area (Å²) in [6.45, 7) is 0. The van der Waals surface area contributed by atoms with Crippen molar-refractivity contribution in [2.75, 3.05) is 0 Å². The molecule has 12 heavy (non-hydrogen) atoms. The van der Waals surface area contributed by atoms with E-state index >= 15 is 0 Å². The lowest BCUT2D eigenvalue weighted by Gasteiger charge is -1.98. The lowest BCUT2D eigenvalue weighted by atomic mass is 10.1. The summed E-state index contributed by atoms with van der Waals surface area (Å²) in [6.07, 6.45) is 7.40. The highest BCUT2D eigenvalue weighted by molar-refractivity contribution is 5.85. The van der Waals surface area contributed by atoms with Crippen LogP contribution in [-0.4, -0.2) is 4.57 Å². The van der Waals surface area contributed by atoms with E-state index in [0.29, 0.717) is 0 Å². The second-order valence-electron chi connectivity index (χ2n) is 2.81. The number of aromatic nitrogens is 1. The maximum Gasteiger partial charge on any atom is 0.0636 e. The Morgan fingerprint density at radius 2 is 2.17 bits per heavy atom. The summed E-state index contributed by atoms with van der Waals surface area (Å²) in [5.41, 5.74) is 2.10. The summed E-state index contributed by atoms with van der Waals surface area (Å²) >= 11 is 0. The van der Waals surface area contributed by atoms with Crippen LogP contribution >= 0.6 is 0 Å². The van der Waals surface area contributed by atoms with Gasteiger partial charge in [0.1, 0.15) is 0 Å². The van der Waals surface area contributed by atoms with Crippen molar-refractivity contribution in [2.24, 2.45) is 7.05 Å². The van der Waals surface area contributed by atoms with Gasteiger partial charge in [0.2, 0.25) is 0 Å². The van der Waals surface area contributed by atoms with Gasteiger partial charge in [-0.3, -0.25) is 0 Å². The molecule has 0 bridgehead atoms. The molecule has 1 nitrogen and oxygen atoms in total. The van der Waals surface area contributed by atoms with Crippen molar-refractivity contribution in [2.45, 2.75) is 0 Å². The van der Waals surface area contributed by atoms with E-state index in [1.54, 1.807) is 0 Å². The zero-order chi connectivity index (χ0) is 8.55. The van der Waals surface area contributed by atoms with E-state index in [1.807, 2.05) is 29.9 Å². The zero-order valence-electron chi connectivity index (χ0n) is 6.91. The number of benzene rings is 1. The highest BCUT2D eigenvalue weighted by atomic mass is 14.9. The van der Waals surface area contributed by atoms with Crippen LogP contribution in [-0.2, 0) is 7.05 Å². The Bertz CT molecular complexity index is 457. The molecule has 0 fully saturated rings. The molecule has 0 amide bonds. The molecule has 0 saturated heterocycles. The summed E-state index contributed by atoms with van der Waals surface area (Å²) in [6, 6.07) is 8.08. The first-order valence-corrected chi connectivity index (χ1v) is 3.83. The predicted molar refractivity (Wildman–Crippen MR) is 50.9 cm³/mol. The van der Waals surface area contributed by atoms with Crippen molar-refractivity contribution in [3.63, 3.8) is 0 Å². The third-order valence-corrected chi connectivity index (χ3v) is 2.05.